The summed E-state index contributed by atoms with van der Waals surface area (Å²) in [5.74, 6) is -0.155. The van der Waals surface area contributed by atoms with Gasteiger partial charge in [0, 0.05) is 29.4 Å². The van der Waals surface area contributed by atoms with Crippen LogP contribution in [0.2, 0.25) is 0 Å². The molecule has 6 nitrogen and oxygen atoms in total. The number of benzene rings is 3. The van der Waals surface area contributed by atoms with Crippen molar-refractivity contribution in [1.29, 1.82) is 5.26 Å². The molecule has 0 radical (unpaired) electrons. The molecule has 1 heterocycles. The molecule has 0 atom stereocenters. The summed E-state index contributed by atoms with van der Waals surface area (Å²) in [6.45, 7) is 4.72. The molecule has 0 N–H and O–H groups in total. The normalized spacial score (nSPS) is 13.3. The maximum Gasteiger partial charge on any atom is 0.259 e. The van der Waals surface area contributed by atoms with Gasteiger partial charge in [0.25, 0.3) is 5.91 Å². The summed E-state index contributed by atoms with van der Waals surface area (Å²) in [7, 11) is -3.66. The van der Waals surface area contributed by atoms with Crippen LogP contribution in [0, 0.1) is 11.3 Å². The van der Waals surface area contributed by atoms with Gasteiger partial charge < -0.3 is 4.90 Å². The molecule has 152 valence electrons. The van der Waals surface area contributed by atoms with Crippen molar-refractivity contribution < 1.29 is 13.2 Å². The van der Waals surface area contributed by atoms with Crippen LogP contribution in [0.25, 0.3) is 10.8 Å². The molecule has 1 aliphatic heterocycles. The minimum absolute atomic E-state index is 0.155. The Morgan fingerprint density at radius 2 is 1.70 bits per heavy atom. The van der Waals surface area contributed by atoms with Gasteiger partial charge in [0.1, 0.15) is 0 Å². The second-order valence-corrected chi connectivity index (χ2v) is 9.01. The van der Waals surface area contributed by atoms with Crippen molar-refractivity contribution in [2.45, 2.75) is 25.3 Å². The average molecular weight is 420 g/mol. The van der Waals surface area contributed by atoms with Crippen LogP contribution < -0.4 is 4.90 Å². The van der Waals surface area contributed by atoms with E-state index in [-0.39, 0.29) is 10.8 Å². The van der Waals surface area contributed by atoms with Crippen LogP contribution in [-0.2, 0) is 16.6 Å². The van der Waals surface area contributed by atoms with Crippen molar-refractivity contribution in [1.82, 2.24) is 4.31 Å². The number of anilines is 1. The van der Waals surface area contributed by atoms with Crippen molar-refractivity contribution in [2.75, 3.05) is 18.0 Å². The molecule has 30 heavy (non-hydrogen) atoms. The molecule has 4 rings (SSSR count). The zero-order valence-electron chi connectivity index (χ0n) is 16.8. The third kappa shape index (κ3) is 3.05. The quantitative estimate of drug-likeness (QED) is 0.607. The number of rotatable bonds is 6. The molecule has 0 bridgehead atoms. The smallest absolute Gasteiger partial charge is 0.259 e. The third-order valence-electron chi connectivity index (χ3n) is 5.49. The summed E-state index contributed by atoms with van der Waals surface area (Å²) in [5, 5.41) is 10.2. The van der Waals surface area contributed by atoms with E-state index in [0.29, 0.717) is 47.2 Å². The first kappa shape index (κ1) is 20.1. The van der Waals surface area contributed by atoms with Crippen LogP contribution in [-0.4, -0.2) is 31.7 Å². The van der Waals surface area contributed by atoms with Gasteiger partial charge in [0.2, 0.25) is 10.0 Å². The number of nitrogens with zero attached hydrogens (tertiary/aromatic N) is 3. The van der Waals surface area contributed by atoms with Gasteiger partial charge in [-0.3, -0.25) is 4.79 Å². The predicted octanol–water partition coefficient (Wildman–Crippen LogP) is 3.90. The number of sulfonamides is 1. The monoisotopic (exact) mass is 419 g/mol. The van der Waals surface area contributed by atoms with Gasteiger partial charge in [-0.25, -0.2) is 8.42 Å². The summed E-state index contributed by atoms with van der Waals surface area (Å²) < 4.78 is 27.8. The number of hydrogen-bond donors (Lipinski definition) is 0. The number of carbonyl (C=O) groups is 1. The Bertz CT molecular complexity index is 1290. The SMILES string of the molecule is CCN(CC)S(=O)(=O)c1ccc2c3c(cccc13)C(=O)N2Cc1ccc(C#N)cc1. The van der Waals surface area contributed by atoms with Crippen molar-refractivity contribution in [3.8, 4) is 6.07 Å². The maximum absolute atomic E-state index is 13.2. The van der Waals surface area contributed by atoms with E-state index in [4.69, 9.17) is 5.26 Å². The van der Waals surface area contributed by atoms with E-state index < -0.39 is 10.0 Å². The van der Waals surface area contributed by atoms with Crippen molar-refractivity contribution in [3.05, 3.63) is 71.3 Å². The molecule has 1 amide bonds. The van der Waals surface area contributed by atoms with Gasteiger partial charge in [-0.1, -0.05) is 38.1 Å². The first-order valence-corrected chi connectivity index (χ1v) is 11.2. The summed E-state index contributed by atoms with van der Waals surface area (Å²) in [6, 6.07) is 17.7. The first-order valence-electron chi connectivity index (χ1n) is 9.79. The van der Waals surface area contributed by atoms with Crippen molar-refractivity contribution in [2.24, 2.45) is 0 Å². The zero-order valence-corrected chi connectivity index (χ0v) is 17.6. The number of amides is 1. The molecular weight excluding hydrogens is 398 g/mol. The van der Waals surface area contributed by atoms with Crippen molar-refractivity contribution >= 4 is 32.4 Å². The van der Waals surface area contributed by atoms with Crippen LogP contribution >= 0.6 is 0 Å². The lowest BCUT2D eigenvalue weighted by atomic mass is 10.1. The van der Waals surface area contributed by atoms with Crippen LogP contribution in [0.4, 0.5) is 5.69 Å². The number of nitriles is 1. The Morgan fingerprint density at radius 1 is 1.00 bits per heavy atom. The summed E-state index contributed by atoms with van der Waals surface area (Å²) in [6.07, 6.45) is 0. The van der Waals surface area contributed by atoms with E-state index in [1.165, 1.54) is 4.31 Å². The van der Waals surface area contributed by atoms with E-state index in [2.05, 4.69) is 6.07 Å². The standard InChI is InChI=1S/C23H21N3O3S/c1-3-25(4-2)30(28,29)21-13-12-20-22-18(21)6-5-7-19(22)23(27)26(20)15-17-10-8-16(14-24)9-11-17/h5-13H,3-4,15H2,1-2H3. The van der Waals surface area contributed by atoms with Crippen molar-refractivity contribution in [3.63, 3.8) is 0 Å². The van der Waals surface area contributed by atoms with E-state index in [9.17, 15) is 13.2 Å². The molecule has 0 fully saturated rings. The summed E-state index contributed by atoms with van der Waals surface area (Å²) in [5.41, 5.74) is 2.66. The predicted molar refractivity (Wildman–Crippen MR) is 116 cm³/mol. The van der Waals surface area contributed by atoms with Crippen LogP contribution in [0.15, 0.2) is 59.5 Å². The van der Waals surface area contributed by atoms with Gasteiger partial charge in [-0.2, -0.15) is 9.57 Å². The van der Waals surface area contributed by atoms with Gasteiger partial charge in [0.05, 0.1) is 28.8 Å². The molecule has 3 aromatic carbocycles. The number of carbonyl (C=O) groups excluding carboxylic acids is 1. The maximum atomic E-state index is 13.2. The topological polar surface area (TPSA) is 81.5 Å². The molecule has 0 spiro atoms. The van der Waals surface area contributed by atoms with Gasteiger partial charge in [-0.05, 0) is 35.9 Å². The molecule has 0 unspecified atom stereocenters. The van der Waals surface area contributed by atoms with Gasteiger partial charge >= 0.3 is 0 Å². The largest absolute Gasteiger partial charge is 0.303 e. The molecule has 0 aromatic heterocycles. The molecule has 3 aromatic rings. The molecule has 0 aliphatic carbocycles. The fraction of sp³-hybridized carbons (Fsp3) is 0.217. The highest BCUT2D eigenvalue weighted by atomic mass is 32.2. The lowest BCUT2D eigenvalue weighted by Gasteiger charge is -2.21. The van der Waals surface area contributed by atoms with Gasteiger partial charge in [0.15, 0.2) is 0 Å². The molecule has 0 saturated heterocycles. The summed E-state index contributed by atoms with van der Waals surface area (Å²) in [4.78, 5) is 15.0. The number of hydrogen-bond acceptors (Lipinski definition) is 4. The van der Waals surface area contributed by atoms with Gasteiger partial charge in [-0.15, -0.1) is 0 Å². The highest BCUT2D eigenvalue weighted by Crippen LogP contribution is 2.41. The van der Waals surface area contributed by atoms with E-state index in [1.54, 1.807) is 47.4 Å². The van der Waals surface area contributed by atoms with Crippen LogP contribution in [0.1, 0.15) is 35.3 Å². The Labute approximate surface area is 176 Å². The molecular formula is C23H21N3O3S. The van der Waals surface area contributed by atoms with E-state index in [1.807, 2.05) is 26.0 Å². The van der Waals surface area contributed by atoms with Crippen LogP contribution in [0.5, 0.6) is 0 Å². The van der Waals surface area contributed by atoms with E-state index in [0.717, 1.165) is 5.56 Å². The molecule has 1 aliphatic rings. The lowest BCUT2D eigenvalue weighted by molar-refractivity contribution is 0.0991. The zero-order chi connectivity index (χ0) is 21.5. The third-order valence-corrected chi connectivity index (χ3v) is 7.60. The molecule has 7 heteroatoms. The first-order chi connectivity index (χ1) is 14.4. The minimum Gasteiger partial charge on any atom is -0.303 e. The summed E-state index contributed by atoms with van der Waals surface area (Å²) >= 11 is 0. The Balaban J connectivity index is 1.83. The van der Waals surface area contributed by atoms with E-state index >= 15 is 0 Å². The highest BCUT2D eigenvalue weighted by Gasteiger charge is 2.33. The minimum atomic E-state index is -3.66. The Hall–Kier alpha value is -3.21. The fourth-order valence-electron chi connectivity index (χ4n) is 3.97. The second-order valence-electron chi connectivity index (χ2n) is 7.10. The highest BCUT2D eigenvalue weighted by molar-refractivity contribution is 7.89. The fourth-order valence-corrected chi connectivity index (χ4v) is 5.62. The average Bonchev–Trinajstić information content (AvgIpc) is 3.02. The Kier molecular flexibility index (Phi) is 5.06. The van der Waals surface area contributed by atoms with Crippen LogP contribution in [0.3, 0.4) is 0 Å². The molecule has 0 saturated carbocycles. The Morgan fingerprint density at radius 3 is 2.33 bits per heavy atom. The second kappa shape index (κ2) is 7.56. The lowest BCUT2D eigenvalue weighted by Crippen LogP contribution is -2.30.